The van der Waals surface area contributed by atoms with E-state index in [9.17, 15) is 8.22 Å². The summed E-state index contributed by atoms with van der Waals surface area (Å²) < 4.78 is 219. The first kappa shape index (κ1) is 11.9. The molecule has 0 fully saturated rings. The Balaban J connectivity index is 1.39. The van der Waals surface area contributed by atoms with E-state index >= 15 is 0 Å². The van der Waals surface area contributed by atoms with Crippen molar-refractivity contribution in [2.24, 2.45) is 0 Å². The summed E-state index contributed by atoms with van der Waals surface area (Å²) in [6.07, 6.45) is 0. The molecule has 1 heteroatoms. The summed E-state index contributed by atoms with van der Waals surface area (Å²) in [6, 6.07) is -11.5. The van der Waals surface area contributed by atoms with Gasteiger partial charge < -0.3 is 4.42 Å². The zero-order valence-corrected chi connectivity index (χ0v) is 23.7. The molecule has 0 spiro atoms. The predicted octanol–water partition coefficient (Wildman–Crippen LogP) is 13.2. The molecule has 0 bridgehead atoms. The molecule has 1 heterocycles. The molecule has 47 heavy (non-hydrogen) atoms. The van der Waals surface area contributed by atoms with Gasteiger partial charge in [-0.25, -0.2) is 0 Å². The Kier molecular flexibility index (Phi) is 2.57. The Hall–Kier alpha value is -6.18. The summed E-state index contributed by atoms with van der Waals surface area (Å²) in [7, 11) is 0. The molecule has 0 aliphatic carbocycles. The minimum atomic E-state index is -0.846. The van der Waals surface area contributed by atoms with Gasteiger partial charge in [-0.3, -0.25) is 0 Å². The molecule has 10 aromatic rings. The van der Waals surface area contributed by atoms with E-state index in [2.05, 4.69) is 0 Å². The van der Waals surface area contributed by atoms with Crippen molar-refractivity contribution < 1.29 is 37.3 Å². The molecule has 10 rings (SSSR count). The van der Waals surface area contributed by atoms with Crippen molar-refractivity contribution in [1.82, 2.24) is 0 Å². The Morgan fingerprint density at radius 3 is 1.57 bits per heavy atom. The van der Waals surface area contributed by atoms with Gasteiger partial charge in [-0.1, -0.05) is 151 Å². The van der Waals surface area contributed by atoms with Crippen LogP contribution >= 0.6 is 0 Å². The quantitative estimate of drug-likeness (QED) is 0.179. The monoisotopic (exact) mass is 620 g/mol. The van der Waals surface area contributed by atoms with Crippen LogP contribution in [0, 0.1) is 0 Å². The van der Waals surface area contributed by atoms with Gasteiger partial charge in [-0.05, 0) is 83.5 Å². The topological polar surface area (TPSA) is 13.1 Å². The van der Waals surface area contributed by atoms with Gasteiger partial charge in [0, 0.05) is 21.9 Å². The smallest absolute Gasteiger partial charge is 0.143 e. The first-order valence-electron chi connectivity index (χ1n) is 26.2. The lowest BCUT2D eigenvalue weighted by molar-refractivity contribution is 0.670. The standard InChI is InChI=1S/C46H28O/c1-2-11-32-26-35(25-22-29(32)10-1)30-20-23-31(24-21-30)44-36-14-5-7-16-38(36)45(39-17-8-6-15-37(39)44)41-19-9-18-40-42-27-33-12-3-4-13-34(33)28-43(42)47-46(40)41/h1-28H/i1D,2D,3D,4D,5D,6D,7D,8D,9D,10D,11D,12D,13D,14D,15D,16D,17D,18D,19D,22D,25D,26D,27D,28D. The maximum absolute atomic E-state index is 9.44. The van der Waals surface area contributed by atoms with E-state index in [0.717, 1.165) is 0 Å². The molecule has 0 saturated heterocycles. The maximum atomic E-state index is 9.44. The molecule has 0 aliphatic heterocycles. The lowest BCUT2D eigenvalue weighted by atomic mass is 9.85. The fourth-order valence-corrected chi connectivity index (χ4v) is 5.95. The Morgan fingerprint density at radius 1 is 0.362 bits per heavy atom. The number of para-hydroxylation sites is 1. The Bertz CT molecular complexity index is 4120. The molecule has 0 unspecified atom stereocenters. The molecule has 0 amide bonds. The predicted molar refractivity (Wildman–Crippen MR) is 200 cm³/mol. The molecule has 1 aromatic heterocycles. The van der Waals surface area contributed by atoms with Crippen LogP contribution in [0.25, 0.3) is 98.4 Å². The summed E-state index contributed by atoms with van der Waals surface area (Å²) >= 11 is 0. The average Bonchev–Trinajstić information content (AvgIpc) is 3.76. The number of furan rings is 1. The normalized spacial score (nSPS) is 19.0. The second kappa shape index (κ2) is 10.2. The van der Waals surface area contributed by atoms with Crippen LogP contribution < -0.4 is 0 Å². The summed E-state index contributed by atoms with van der Waals surface area (Å²) in [5.74, 6) is 0. The van der Waals surface area contributed by atoms with Gasteiger partial charge >= 0.3 is 0 Å². The minimum absolute atomic E-state index is 0.0456. The van der Waals surface area contributed by atoms with Gasteiger partial charge in [0.1, 0.15) is 11.2 Å². The molecule has 0 N–H and O–H groups in total. The molecule has 0 saturated carbocycles. The molecular formula is C46H28O. The molecule has 1 nitrogen and oxygen atoms in total. The Labute approximate surface area is 305 Å². The van der Waals surface area contributed by atoms with Crippen LogP contribution in [-0.4, -0.2) is 0 Å². The van der Waals surface area contributed by atoms with E-state index < -0.39 is 194 Å². The van der Waals surface area contributed by atoms with Gasteiger partial charge in [-0.2, -0.15) is 0 Å². The minimum Gasteiger partial charge on any atom is -0.455 e. The molecular weight excluding hydrogens is 569 g/mol. The highest BCUT2D eigenvalue weighted by Gasteiger charge is 2.20. The third-order valence-electron chi connectivity index (χ3n) is 8.02. The van der Waals surface area contributed by atoms with E-state index in [1.165, 1.54) is 24.3 Å². The summed E-state index contributed by atoms with van der Waals surface area (Å²) in [5.41, 5.74) is -2.33. The summed E-state index contributed by atoms with van der Waals surface area (Å²) in [4.78, 5) is 0. The number of fused-ring (bicyclic) bond motifs is 7. The van der Waals surface area contributed by atoms with Crippen LogP contribution in [-0.2, 0) is 0 Å². The van der Waals surface area contributed by atoms with Crippen molar-refractivity contribution in [3.05, 3.63) is 169 Å². The van der Waals surface area contributed by atoms with Crippen LogP contribution in [0.2, 0.25) is 0 Å². The largest absolute Gasteiger partial charge is 0.455 e. The highest BCUT2D eigenvalue weighted by molar-refractivity contribution is 6.24. The third-order valence-corrected chi connectivity index (χ3v) is 8.02. The van der Waals surface area contributed by atoms with Crippen LogP contribution in [0.15, 0.2) is 174 Å². The molecule has 0 atom stereocenters. The second-order valence-electron chi connectivity index (χ2n) is 10.6. The number of benzene rings is 9. The van der Waals surface area contributed by atoms with Gasteiger partial charge in [0.2, 0.25) is 0 Å². The van der Waals surface area contributed by atoms with Crippen molar-refractivity contribution in [1.29, 1.82) is 0 Å². The van der Waals surface area contributed by atoms with Gasteiger partial charge in [-0.15, -0.1) is 0 Å². The van der Waals surface area contributed by atoms with E-state index in [4.69, 9.17) is 29.1 Å². The Morgan fingerprint density at radius 2 is 0.894 bits per heavy atom. The van der Waals surface area contributed by atoms with E-state index in [-0.39, 0.29) is 49.2 Å². The lowest BCUT2D eigenvalue weighted by Crippen LogP contribution is -1.91. The van der Waals surface area contributed by atoms with Gasteiger partial charge in [0.25, 0.3) is 0 Å². The number of hydrogen-bond acceptors (Lipinski definition) is 1. The zero-order valence-electron chi connectivity index (χ0n) is 47.7. The van der Waals surface area contributed by atoms with E-state index in [1.807, 2.05) is 0 Å². The molecule has 9 aromatic carbocycles. The summed E-state index contributed by atoms with van der Waals surface area (Å²) in [6.45, 7) is 0. The first-order valence-corrected chi connectivity index (χ1v) is 14.2. The maximum Gasteiger partial charge on any atom is 0.143 e. The van der Waals surface area contributed by atoms with Gasteiger partial charge in [0.05, 0.1) is 32.9 Å². The molecule has 0 radical (unpaired) electrons. The lowest BCUT2D eigenvalue weighted by Gasteiger charge is -2.18. The van der Waals surface area contributed by atoms with E-state index in [0.29, 0.717) is 0 Å². The highest BCUT2D eigenvalue weighted by Crippen LogP contribution is 2.47. The fourth-order valence-electron chi connectivity index (χ4n) is 5.95. The molecule has 0 aliphatic rings. The first-order chi connectivity index (χ1) is 33.3. The second-order valence-corrected chi connectivity index (χ2v) is 10.6. The average molecular weight is 621 g/mol. The van der Waals surface area contributed by atoms with Crippen molar-refractivity contribution in [2.45, 2.75) is 0 Å². The van der Waals surface area contributed by atoms with Gasteiger partial charge in [0.15, 0.2) is 0 Å². The van der Waals surface area contributed by atoms with Crippen LogP contribution in [0.3, 0.4) is 0 Å². The van der Waals surface area contributed by atoms with Crippen LogP contribution in [0.5, 0.6) is 0 Å². The van der Waals surface area contributed by atoms with Crippen LogP contribution in [0.4, 0.5) is 0 Å². The van der Waals surface area contributed by atoms with Crippen molar-refractivity contribution in [2.75, 3.05) is 0 Å². The SMILES string of the molecule is [2H]c1c([2H])c([2H])c2c(oc3c([2H])c4c([2H])c([2H])c([2H])c([2H])c4c([2H])c32)c1-c1c2c([2H])c([2H])c([2H])c([2H])c2c(-c2ccc(-c3c([2H])c([2H])c4c([2H])c([2H])c([2H])c([2H])c4c3[2H])cc2)c2c([2H])c([2H])c([2H])c([2H])c12. The van der Waals surface area contributed by atoms with Crippen molar-refractivity contribution in [3.63, 3.8) is 0 Å². The summed E-state index contributed by atoms with van der Waals surface area (Å²) in [5, 5.41) is -3.89. The number of hydrogen-bond donors (Lipinski definition) is 0. The van der Waals surface area contributed by atoms with Crippen molar-refractivity contribution >= 4 is 65.0 Å². The molecule has 218 valence electrons. The third kappa shape index (κ3) is 4.03. The zero-order chi connectivity index (χ0) is 51.8. The van der Waals surface area contributed by atoms with Crippen molar-refractivity contribution in [3.8, 4) is 33.4 Å². The van der Waals surface area contributed by atoms with E-state index in [1.54, 1.807) is 0 Å². The fraction of sp³-hybridized carbons (Fsp3) is 0. The van der Waals surface area contributed by atoms with Crippen LogP contribution in [0.1, 0.15) is 32.9 Å². The number of rotatable bonds is 3. The highest BCUT2D eigenvalue weighted by atomic mass is 16.3.